The first-order chi connectivity index (χ1) is 10.1. The van der Waals surface area contributed by atoms with Crippen LogP contribution in [0.4, 0.5) is 5.95 Å². The molecule has 0 atom stereocenters. The molecule has 111 valence electrons. The predicted molar refractivity (Wildman–Crippen MR) is 73.2 cm³/mol. The van der Waals surface area contributed by atoms with E-state index in [0.717, 1.165) is 0 Å². The number of primary amides is 1. The van der Waals surface area contributed by atoms with Gasteiger partial charge in [0.05, 0.1) is 20.3 Å². The van der Waals surface area contributed by atoms with E-state index in [2.05, 4.69) is 26.5 Å². The summed E-state index contributed by atoms with van der Waals surface area (Å²) in [5.74, 6) is 0.684. The lowest BCUT2D eigenvalue weighted by atomic mass is 10.5. The Hall–Kier alpha value is -2.84. The largest absolute Gasteiger partial charge is 0.481 e. The highest BCUT2D eigenvalue weighted by molar-refractivity contribution is 5.89. The third-order valence-electron chi connectivity index (χ3n) is 2.61. The molecule has 9 nitrogen and oxygen atoms in total. The van der Waals surface area contributed by atoms with Gasteiger partial charge in [-0.3, -0.25) is 4.79 Å². The van der Waals surface area contributed by atoms with Crippen LogP contribution >= 0.6 is 0 Å². The van der Waals surface area contributed by atoms with Crippen molar-refractivity contribution in [2.75, 3.05) is 26.1 Å². The van der Waals surface area contributed by atoms with Crippen molar-refractivity contribution in [1.82, 2.24) is 19.5 Å². The Morgan fingerprint density at radius 1 is 1.38 bits per heavy atom. The first-order valence-corrected chi connectivity index (χ1v) is 6.08. The van der Waals surface area contributed by atoms with Gasteiger partial charge in [0.2, 0.25) is 17.7 Å². The second kappa shape index (κ2) is 6.55. The standard InChI is InChI=1S/C12H15N6O3/c1-20-8-7-9(21-2)17-12(16-8)15-4-6-18-5-3-14-11(18)10(13)19/h5,7H,4,6H2,1-2H3,(H2,13,19)(H,15,16,17). The lowest BCUT2D eigenvalue weighted by Gasteiger charge is -2.09. The molecule has 3 N–H and O–H groups in total. The third-order valence-corrected chi connectivity index (χ3v) is 2.61. The lowest BCUT2D eigenvalue weighted by molar-refractivity contribution is 0.0986. The fourth-order valence-electron chi connectivity index (χ4n) is 1.63. The van der Waals surface area contributed by atoms with Crippen LogP contribution in [-0.4, -0.2) is 46.2 Å². The van der Waals surface area contributed by atoms with Crippen LogP contribution in [-0.2, 0) is 6.54 Å². The minimum absolute atomic E-state index is 0.154. The first kappa shape index (κ1) is 14.6. The number of carbonyl (C=O) groups excluding carboxylic acids is 1. The molecular weight excluding hydrogens is 276 g/mol. The van der Waals surface area contributed by atoms with Crippen LogP contribution in [0.15, 0.2) is 12.3 Å². The second-order valence-corrected chi connectivity index (χ2v) is 3.95. The summed E-state index contributed by atoms with van der Waals surface area (Å²) in [4.78, 5) is 23.1. The molecule has 9 heteroatoms. The van der Waals surface area contributed by atoms with Crippen molar-refractivity contribution in [1.29, 1.82) is 0 Å². The summed E-state index contributed by atoms with van der Waals surface area (Å²) in [7, 11) is 3.01. The molecule has 0 unspecified atom stereocenters. The van der Waals surface area contributed by atoms with Crippen LogP contribution in [0.25, 0.3) is 0 Å². The Morgan fingerprint density at radius 2 is 2.05 bits per heavy atom. The van der Waals surface area contributed by atoms with Gasteiger partial charge in [-0.1, -0.05) is 0 Å². The van der Waals surface area contributed by atoms with Crippen LogP contribution in [0.3, 0.4) is 0 Å². The smallest absolute Gasteiger partial charge is 0.284 e. The Labute approximate surface area is 121 Å². The van der Waals surface area contributed by atoms with Gasteiger partial charge < -0.3 is 25.1 Å². The molecule has 2 aromatic rings. The van der Waals surface area contributed by atoms with E-state index in [1.165, 1.54) is 14.2 Å². The summed E-state index contributed by atoms with van der Waals surface area (Å²) >= 11 is 0. The number of methoxy groups -OCH3 is 2. The van der Waals surface area contributed by atoms with Crippen molar-refractivity contribution in [2.24, 2.45) is 5.73 Å². The average molecular weight is 291 g/mol. The SMILES string of the molecule is COc1cc(OC)nc(NCCn2c[c]nc2C(N)=O)n1. The molecule has 0 aliphatic carbocycles. The maximum Gasteiger partial charge on any atom is 0.284 e. The second-order valence-electron chi connectivity index (χ2n) is 3.95. The molecular formula is C12H15N6O3. The highest BCUT2D eigenvalue weighted by Crippen LogP contribution is 2.17. The molecule has 0 saturated carbocycles. The molecule has 2 aromatic heterocycles. The van der Waals surface area contributed by atoms with Crippen molar-refractivity contribution in [2.45, 2.75) is 6.54 Å². The van der Waals surface area contributed by atoms with Crippen molar-refractivity contribution >= 4 is 11.9 Å². The number of hydrogen-bond donors (Lipinski definition) is 2. The number of hydrogen-bond acceptors (Lipinski definition) is 7. The van der Waals surface area contributed by atoms with E-state index in [1.807, 2.05) is 0 Å². The Morgan fingerprint density at radius 3 is 2.62 bits per heavy atom. The molecule has 1 amide bonds. The number of nitrogens with one attached hydrogen (secondary N) is 1. The molecule has 0 fully saturated rings. The van der Waals surface area contributed by atoms with Gasteiger partial charge in [-0.15, -0.1) is 0 Å². The van der Waals surface area contributed by atoms with E-state index < -0.39 is 5.91 Å². The third kappa shape index (κ3) is 3.59. The minimum atomic E-state index is -0.601. The Kier molecular flexibility index (Phi) is 4.54. The van der Waals surface area contributed by atoms with E-state index in [1.54, 1.807) is 16.8 Å². The van der Waals surface area contributed by atoms with Crippen molar-refractivity contribution in [3.05, 3.63) is 24.3 Å². The van der Waals surface area contributed by atoms with Gasteiger partial charge in [0, 0.05) is 19.3 Å². The van der Waals surface area contributed by atoms with Crippen molar-refractivity contribution in [3.63, 3.8) is 0 Å². The van der Waals surface area contributed by atoms with E-state index in [-0.39, 0.29) is 5.82 Å². The van der Waals surface area contributed by atoms with Crippen LogP contribution in [0.2, 0.25) is 0 Å². The van der Waals surface area contributed by atoms with Gasteiger partial charge in [-0.25, -0.2) is 4.98 Å². The van der Waals surface area contributed by atoms with Crippen molar-refractivity contribution in [3.8, 4) is 11.8 Å². The quantitative estimate of drug-likeness (QED) is 0.719. The molecule has 0 bridgehead atoms. The Balaban J connectivity index is 2.00. The molecule has 0 aliphatic heterocycles. The van der Waals surface area contributed by atoms with Gasteiger partial charge in [0.25, 0.3) is 5.91 Å². The van der Waals surface area contributed by atoms with E-state index >= 15 is 0 Å². The Bertz CT molecular complexity index is 605. The van der Waals surface area contributed by atoms with E-state index in [0.29, 0.717) is 30.8 Å². The topological polar surface area (TPSA) is 117 Å². The van der Waals surface area contributed by atoms with Crippen LogP contribution < -0.4 is 20.5 Å². The van der Waals surface area contributed by atoms with Gasteiger partial charge in [0.1, 0.15) is 6.20 Å². The summed E-state index contributed by atoms with van der Waals surface area (Å²) < 4.78 is 11.7. The fraction of sp³-hybridized carbons (Fsp3) is 0.333. The summed E-state index contributed by atoms with van der Waals surface area (Å²) in [5.41, 5.74) is 5.20. The van der Waals surface area contributed by atoms with Gasteiger partial charge >= 0.3 is 0 Å². The van der Waals surface area contributed by atoms with Crippen LogP contribution in [0.5, 0.6) is 11.8 Å². The zero-order chi connectivity index (χ0) is 15.2. The van der Waals surface area contributed by atoms with Crippen molar-refractivity contribution < 1.29 is 14.3 Å². The zero-order valence-electron chi connectivity index (χ0n) is 11.7. The molecule has 0 spiro atoms. The number of nitrogens with two attached hydrogens (primary N) is 1. The molecule has 1 radical (unpaired) electrons. The number of carbonyl (C=O) groups is 1. The van der Waals surface area contributed by atoms with Gasteiger partial charge in [-0.05, 0) is 0 Å². The highest BCUT2D eigenvalue weighted by Gasteiger charge is 2.09. The molecule has 0 aliphatic rings. The maximum absolute atomic E-state index is 11.1. The molecule has 2 rings (SSSR count). The highest BCUT2D eigenvalue weighted by atomic mass is 16.5. The van der Waals surface area contributed by atoms with E-state index in [9.17, 15) is 4.79 Å². The number of ether oxygens (including phenoxy) is 2. The number of nitrogens with zero attached hydrogens (tertiary/aromatic N) is 4. The number of rotatable bonds is 7. The van der Waals surface area contributed by atoms with Gasteiger partial charge in [0.15, 0.2) is 5.82 Å². The summed E-state index contributed by atoms with van der Waals surface area (Å²) in [5, 5.41) is 3.00. The van der Waals surface area contributed by atoms with E-state index in [4.69, 9.17) is 15.2 Å². The average Bonchev–Trinajstić information content (AvgIpc) is 2.95. The molecule has 2 heterocycles. The summed E-state index contributed by atoms with van der Waals surface area (Å²) in [6.45, 7) is 0.915. The number of aromatic nitrogens is 4. The van der Waals surface area contributed by atoms with Gasteiger partial charge in [-0.2, -0.15) is 9.97 Å². The normalized spacial score (nSPS) is 10.2. The maximum atomic E-state index is 11.1. The van der Waals surface area contributed by atoms with Crippen LogP contribution in [0.1, 0.15) is 10.6 Å². The number of anilines is 1. The molecule has 0 saturated heterocycles. The van der Waals surface area contributed by atoms with Crippen LogP contribution in [0, 0.1) is 6.20 Å². The fourth-order valence-corrected chi connectivity index (χ4v) is 1.63. The number of imidazole rings is 1. The zero-order valence-corrected chi connectivity index (χ0v) is 11.7. The molecule has 0 aromatic carbocycles. The number of amides is 1. The summed E-state index contributed by atoms with van der Waals surface area (Å²) in [6, 6.07) is 1.57. The predicted octanol–water partition coefficient (Wildman–Crippen LogP) is -0.299. The summed E-state index contributed by atoms with van der Waals surface area (Å²) in [6.07, 6.45) is 4.13. The minimum Gasteiger partial charge on any atom is -0.481 e. The lowest BCUT2D eigenvalue weighted by Crippen LogP contribution is -2.21. The molecule has 21 heavy (non-hydrogen) atoms. The first-order valence-electron chi connectivity index (χ1n) is 6.08. The monoisotopic (exact) mass is 291 g/mol.